The number of fused-ring (bicyclic) bond motifs is 1. The number of hydrogen-bond donors (Lipinski definition) is 0. The van der Waals surface area contributed by atoms with Crippen molar-refractivity contribution in [1.82, 2.24) is 24.8 Å². The van der Waals surface area contributed by atoms with Crippen molar-refractivity contribution in [1.29, 1.82) is 0 Å². The largest absolute Gasteiger partial charge is 0.339 e. The molecule has 0 aromatic carbocycles. The Balaban J connectivity index is 1.48. The van der Waals surface area contributed by atoms with Gasteiger partial charge in [0.2, 0.25) is 5.89 Å². The van der Waals surface area contributed by atoms with Gasteiger partial charge < -0.3 is 9.42 Å². The van der Waals surface area contributed by atoms with E-state index in [0.29, 0.717) is 11.8 Å². The van der Waals surface area contributed by atoms with Crippen LogP contribution in [0.5, 0.6) is 0 Å². The fourth-order valence-corrected chi connectivity index (χ4v) is 4.71. The van der Waals surface area contributed by atoms with Crippen LogP contribution in [0.4, 0.5) is 0 Å². The maximum absolute atomic E-state index is 5.75. The van der Waals surface area contributed by atoms with Crippen molar-refractivity contribution in [2.45, 2.75) is 64.3 Å². The first-order valence-corrected chi connectivity index (χ1v) is 9.69. The van der Waals surface area contributed by atoms with Crippen LogP contribution in [-0.2, 0) is 18.4 Å². The lowest BCUT2D eigenvalue weighted by Gasteiger charge is -2.24. The van der Waals surface area contributed by atoms with E-state index in [-0.39, 0.29) is 5.41 Å². The highest BCUT2D eigenvalue weighted by molar-refractivity contribution is 5.18. The molecule has 2 aromatic rings. The molecule has 6 nitrogen and oxygen atoms in total. The van der Waals surface area contributed by atoms with Crippen LogP contribution >= 0.6 is 0 Å². The number of aromatic nitrogens is 4. The Hall–Kier alpha value is -1.69. The Bertz CT molecular complexity index is 721. The quantitative estimate of drug-likeness (QED) is 0.807. The van der Waals surface area contributed by atoms with Crippen molar-refractivity contribution in [3.63, 3.8) is 0 Å². The van der Waals surface area contributed by atoms with Gasteiger partial charge in [-0.1, -0.05) is 25.4 Å². The molecule has 0 spiro atoms. The molecular formula is C19H29N5O. The van der Waals surface area contributed by atoms with Gasteiger partial charge in [-0.3, -0.25) is 4.68 Å². The monoisotopic (exact) mass is 343 g/mol. The predicted molar refractivity (Wildman–Crippen MR) is 95.5 cm³/mol. The van der Waals surface area contributed by atoms with Crippen LogP contribution < -0.4 is 0 Å². The molecule has 1 saturated carbocycles. The van der Waals surface area contributed by atoms with E-state index >= 15 is 0 Å². The first-order chi connectivity index (χ1) is 12.1. The molecule has 136 valence electrons. The fourth-order valence-electron chi connectivity index (χ4n) is 4.71. The molecule has 4 rings (SSSR count). The lowest BCUT2D eigenvalue weighted by Crippen LogP contribution is -2.33. The van der Waals surface area contributed by atoms with Crippen LogP contribution in [0.15, 0.2) is 16.8 Å². The highest BCUT2D eigenvalue weighted by Crippen LogP contribution is 2.50. The van der Waals surface area contributed by atoms with Crippen LogP contribution in [0, 0.1) is 5.92 Å². The zero-order valence-corrected chi connectivity index (χ0v) is 15.6. The lowest BCUT2D eigenvalue weighted by atomic mass is 9.80. The summed E-state index contributed by atoms with van der Waals surface area (Å²) in [7, 11) is 0. The van der Waals surface area contributed by atoms with Gasteiger partial charge in [-0.15, -0.1) is 0 Å². The SMILES string of the molecule is CCn1nccc1CCN1C[C@H]2CCC[C@@]2(c2nc(C(C)C)no2)C1. The third-order valence-electron chi connectivity index (χ3n) is 6.11. The molecule has 2 aliphatic rings. The van der Waals surface area contributed by atoms with Gasteiger partial charge in [0.1, 0.15) is 0 Å². The number of hydrogen-bond acceptors (Lipinski definition) is 5. The Kier molecular flexibility index (Phi) is 4.40. The zero-order valence-electron chi connectivity index (χ0n) is 15.6. The average Bonchev–Trinajstić information content (AvgIpc) is 3.33. The van der Waals surface area contributed by atoms with Gasteiger partial charge in [0.15, 0.2) is 5.82 Å². The number of aryl methyl sites for hydroxylation is 1. The van der Waals surface area contributed by atoms with Crippen LogP contribution in [0.1, 0.15) is 63.4 Å². The summed E-state index contributed by atoms with van der Waals surface area (Å²) in [6.45, 7) is 10.6. The minimum Gasteiger partial charge on any atom is -0.339 e. The van der Waals surface area contributed by atoms with Crippen molar-refractivity contribution >= 4 is 0 Å². The Morgan fingerprint density at radius 2 is 2.28 bits per heavy atom. The van der Waals surface area contributed by atoms with Gasteiger partial charge in [-0.2, -0.15) is 10.1 Å². The summed E-state index contributed by atoms with van der Waals surface area (Å²) in [6, 6.07) is 2.14. The minimum absolute atomic E-state index is 0.0884. The van der Waals surface area contributed by atoms with E-state index < -0.39 is 0 Å². The molecule has 6 heteroatoms. The van der Waals surface area contributed by atoms with E-state index in [2.05, 4.69) is 46.7 Å². The normalized spacial score (nSPS) is 26.6. The first kappa shape index (κ1) is 16.8. The highest BCUT2D eigenvalue weighted by Gasteiger charge is 2.53. The molecule has 0 bridgehead atoms. The fraction of sp³-hybridized carbons (Fsp3) is 0.737. The summed E-state index contributed by atoms with van der Waals surface area (Å²) in [6.07, 6.45) is 6.70. The zero-order chi connectivity index (χ0) is 17.4. The molecule has 1 aliphatic carbocycles. The van der Waals surface area contributed by atoms with E-state index in [1.165, 1.54) is 25.0 Å². The van der Waals surface area contributed by atoms with Crippen LogP contribution in [-0.4, -0.2) is 44.5 Å². The average molecular weight is 343 g/mol. The molecule has 2 fully saturated rings. The second-order valence-electron chi connectivity index (χ2n) is 7.98. The predicted octanol–water partition coefficient (Wildman–Crippen LogP) is 3.01. The van der Waals surface area contributed by atoms with E-state index in [1.54, 1.807) is 0 Å². The van der Waals surface area contributed by atoms with Crippen molar-refractivity contribution in [2.24, 2.45) is 5.92 Å². The van der Waals surface area contributed by atoms with Gasteiger partial charge >= 0.3 is 0 Å². The molecular weight excluding hydrogens is 314 g/mol. The number of likely N-dealkylation sites (tertiary alicyclic amines) is 1. The summed E-state index contributed by atoms with van der Waals surface area (Å²) in [5, 5.41) is 8.62. The van der Waals surface area contributed by atoms with Gasteiger partial charge in [-0.05, 0) is 31.7 Å². The summed E-state index contributed by atoms with van der Waals surface area (Å²) in [5.74, 6) is 2.71. The molecule has 2 atom stereocenters. The van der Waals surface area contributed by atoms with Crippen molar-refractivity contribution in [3.05, 3.63) is 29.7 Å². The molecule has 0 radical (unpaired) electrons. The molecule has 3 heterocycles. The second kappa shape index (κ2) is 6.56. The highest BCUT2D eigenvalue weighted by atomic mass is 16.5. The summed E-state index contributed by atoms with van der Waals surface area (Å²) < 4.78 is 7.84. The topological polar surface area (TPSA) is 60.0 Å². The van der Waals surface area contributed by atoms with E-state index in [4.69, 9.17) is 9.51 Å². The van der Waals surface area contributed by atoms with Gasteiger partial charge in [-0.25, -0.2) is 0 Å². The maximum Gasteiger partial charge on any atom is 0.234 e. The van der Waals surface area contributed by atoms with Crippen molar-refractivity contribution < 1.29 is 4.52 Å². The van der Waals surface area contributed by atoms with Gasteiger partial charge in [0.25, 0.3) is 0 Å². The third kappa shape index (κ3) is 2.90. The molecule has 0 unspecified atom stereocenters. The van der Waals surface area contributed by atoms with Crippen LogP contribution in [0.2, 0.25) is 0 Å². The molecule has 1 aliphatic heterocycles. The van der Waals surface area contributed by atoms with Crippen molar-refractivity contribution in [2.75, 3.05) is 19.6 Å². The molecule has 0 N–H and O–H groups in total. The third-order valence-corrected chi connectivity index (χ3v) is 6.11. The van der Waals surface area contributed by atoms with Crippen LogP contribution in [0.25, 0.3) is 0 Å². The Labute approximate surface area is 149 Å². The Morgan fingerprint density at radius 1 is 1.40 bits per heavy atom. The molecule has 25 heavy (non-hydrogen) atoms. The maximum atomic E-state index is 5.75. The summed E-state index contributed by atoms with van der Waals surface area (Å²) in [5.41, 5.74) is 1.42. The summed E-state index contributed by atoms with van der Waals surface area (Å²) >= 11 is 0. The first-order valence-electron chi connectivity index (χ1n) is 9.69. The second-order valence-corrected chi connectivity index (χ2v) is 7.98. The summed E-state index contributed by atoms with van der Waals surface area (Å²) in [4.78, 5) is 7.37. The van der Waals surface area contributed by atoms with Crippen LogP contribution in [0.3, 0.4) is 0 Å². The van der Waals surface area contributed by atoms with E-state index in [0.717, 1.165) is 44.3 Å². The smallest absolute Gasteiger partial charge is 0.234 e. The lowest BCUT2D eigenvalue weighted by molar-refractivity contribution is 0.247. The molecule has 2 aromatic heterocycles. The van der Waals surface area contributed by atoms with Gasteiger partial charge in [0, 0.05) is 50.4 Å². The van der Waals surface area contributed by atoms with E-state index in [1.807, 2.05) is 6.20 Å². The number of nitrogens with zero attached hydrogens (tertiary/aromatic N) is 5. The standard InChI is InChI=1S/C19H29N5O/c1-4-24-16(7-10-20-24)8-11-23-12-15-6-5-9-19(15,13-23)18-21-17(14(2)3)22-25-18/h7,10,14-15H,4-6,8-9,11-13H2,1-3H3/t15-,19-/m1/s1. The Morgan fingerprint density at radius 3 is 3.04 bits per heavy atom. The number of rotatable bonds is 6. The molecule has 1 saturated heterocycles. The van der Waals surface area contributed by atoms with E-state index in [9.17, 15) is 0 Å². The van der Waals surface area contributed by atoms with Crippen molar-refractivity contribution in [3.8, 4) is 0 Å². The minimum atomic E-state index is 0.0884. The van der Waals surface area contributed by atoms with Gasteiger partial charge in [0.05, 0.1) is 5.41 Å². The molecule has 0 amide bonds.